The Morgan fingerprint density at radius 3 is 2.34 bits per heavy atom. The van der Waals surface area contributed by atoms with E-state index in [4.69, 9.17) is 10.00 Å². The fraction of sp³-hybridized carbons (Fsp3) is 0.0833. The minimum absolute atomic E-state index is 0.0554. The normalized spacial score (nSPS) is 11.6. The van der Waals surface area contributed by atoms with Gasteiger partial charge in [0.2, 0.25) is 0 Å². The van der Waals surface area contributed by atoms with E-state index in [1.54, 1.807) is 49.7 Å². The van der Waals surface area contributed by atoms with Crippen molar-refractivity contribution in [3.05, 3.63) is 113 Å². The zero-order valence-corrected chi connectivity index (χ0v) is 15.8. The van der Waals surface area contributed by atoms with Crippen molar-refractivity contribution in [3.8, 4) is 11.8 Å². The second-order valence-corrected chi connectivity index (χ2v) is 6.69. The molecule has 1 atom stereocenters. The Morgan fingerprint density at radius 2 is 1.72 bits per heavy atom. The SMILES string of the molecule is COc1ccc(C(=O)c2c[nH]c(C(c3ccc(C#N)cc3)c3ccc[nH]3)c2)cc1. The third-order valence-corrected chi connectivity index (χ3v) is 4.94. The Kier molecular flexibility index (Phi) is 5.00. The van der Waals surface area contributed by atoms with Gasteiger partial charge in [-0.1, -0.05) is 12.1 Å². The molecule has 2 aromatic heterocycles. The predicted octanol–water partition coefficient (Wildman–Crippen LogP) is 4.63. The van der Waals surface area contributed by atoms with Gasteiger partial charge in [-0.3, -0.25) is 4.79 Å². The van der Waals surface area contributed by atoms with E-state index >= 15 is 0 Å². The van der Waals surface area contributed by atoms with Gasteiger partial charge in [0, 0.05) is 34.9 Å². The number of aromatic nitrogens is 2. The Hall–Kier alpha value is -4.04. The van der Waals surface area contributed by atoms with Crippen LogP contribution < -0.4 is 4.74 Å². The number of hydrogen-bond acceptors (Lipinski definition) is 3. The highest BCUT2D eigenvalue weighted by Gasteiger charge is 2.21. The summed E-state index contributed by atoms with van der Waals surface area (Å²) < 4.78 is 5.16. The smallest absolute Gasteiger partial charge is 0.194 e. The molecule has 2 N–H and O–H groups in total. The molecule has 2 heterocycles. The summed E-state index contributed by atoms with van der Waals surface area (Å²) in [4.78, 5) is 19.4. The van der Waals surface area contributed by atoms with Crippen molar-refractivity contribution in [2.75, 3.05) is 7.11 Å². The van der Waals surface area contributed by atoms with Gasteiger partial charge < -0.3 is 14.7 Å². The molecule has 142 valence electrons. The molecule has 0 radical (unpaired) electrons. The average Bonchev–Trinajstić information content (AvgIpc) is 3.47. The molecule has 5 heteroatoms. The van der Waals surface area contributed by atoms with Crippen LogP contribution in [0.15, 0.2) is 79.1 Å². The first-order chi connectivity index (χ1) is 14.2. The van der Waals surface area contributed by atoms with Gasteiger partial charge in [0.1, 0.15) is 5.75 Å². The Balaban J connectivity index is 1.68. The summed E-state index contributed by atoms with van der Waals surface area (Å²) in [5.74, 6) is 0.555. The molecule has 0 saturated heterocycles. The molecule has 0 aliphatic heterocycles. The van der Waals surface area contributed by atoms with Gasteiger partial charge in [-0.05, 0) is 60.2 Å². The lowest BCUT2D eigenvalue weighted by molar-refractivity contribution is 0.103. The molecular weight excluding hydrogens is 362 g/mol. The number of nitriles is 1. The van der Waals surface area contributed by atoms with Gasteiger partial charge >= 0.3 is 0 Å². The first-order valence-corrected chi connectivity index (χ1v) is 9.20. The van der Waals surface area contributed by atoms with Crippen LogP contribution in [0.3, 0.4) is 0 Å². The van der Waals surface area contributed by atoms with E-state index in [1.165, 1.54) is 0 Å². The molecule has 2 aromatic carbocycles. The van der Waals surface area contributed by atoms with Crippen molar-refractivity contribution in [1.29, 1.82) is 5.26 Å². The molecule has 0 spiro atoms. The number of rotatable bonds is 6. The van der Waals surface area contributed by atoms with Crippen LogP contribution in [0.25, 0.3) is 0 Å². The summed E-state index contributed by atoms with van der Waals surface area (Å²) in [5.41, 5.74) is 4.73. The van der Waals surface area contributed by atoms with Crippen LogP contribution in [0.4, 0.5) is 0 Å². The van der Waals surface area contributed by atoms with E-state index in [2.05, 4.69) is 16.0 Å². The third-order valence-electron chi connectivity index (χ3n) is 4.94. The zero-order valence-electron chi connectivity index (χ0n) is 15.8. The van der Waals surface area contributed by atoms with Gasteiger partial charge in [-0.25, -0.2) is 0 Å². The minimum Gasteiger partial charge on any atom is -0.497 e. The zero-order chi connectivity index (χ0) is 20.2. The van der Waals surface area contributed by atoms with Crippen LogP contribution in [0.1, 0.15) is 44.4 Å². The van der Waals surface area contributed by atoms with Gasteiger partial charge in [-0.15, -0.1) is 0 Å². The largest absolute Gasteiger partial charge is 0.497 e. The van der Waals surface area contributed by atoms with Crippen molar-refractivity contribution in [1.82, 2.24) is 9.97 Å². The standard InChI is InChI=1S/C24H19N3O2/c1-29-20-10-8-18(9-11-20)24(28)19-13-22(27-15-19)23(21-3-2-12-26-21)17-6-4-16(14-25)5-7-17/h2-13,15,23,26-27H,1H3. The number of methoxy groups -OCH3 is 1. The van der Waals surface area contributed by atoms with E-state index in [1.807, 2.05) is 36.5 Å². The lowest BCUT2D eigenvalue weighted by Gasteiger charge is -2.15. The topological polar surface area (TPSA) is 81.7 Å². The van der Waals surface area contributed by atoms with E-state index in [-0.39, 0.29) is 11.7 Å². The summed E-state index contributed by atoms with van der Waals surface area (Å²) in [6.07, 6.45) is 3.61. The Labute approximate surface area is 168 Å². The Morgan fingerprint density at radius 1 is 0.966 bits per heavy atom. The highest BCUT2D eigenvalue weighted by atomic mass is 16.5. The maximum absolute atomic E-state index is 12.9. The fourth-order valence-electron chi connectivity index (χ4n) is 3.42. The van der Waals surface area contributed by atoms with Crippen molar-refractivity contribution in [2.24, 2.45) is 0 Å². The second kappa shape index (κ2) is 7.91. The predicted molar refractivity (Wildman–Crippen MR) is 110 cm³/mol. The lowest BCUT2D eigenvalue weighted by atomic mass is 9.91. The van der Waals surface area contributed by atoms with Crippen molar-refractivity contribution < 1.29 is 9.53 Å². The van der Waals surface area contributed by atoms with Crippen LogP contribution in [-0.2, 0) is 0 Å². The molecule has 0 aliphatic rings. The molecule has 5 nitrogen and oxygen atoms in total. The van der Waals surface area contributed by atoms with Gasteiger partial charge in [-0.2, -0.15) is 5.26 Å². The number of hydrogen-bond donors (Lipinski definition) is 2. The van der Waals surface area contributed by atoms with Gasteiger partial charge in [0.15, 0.2) is 5.78 Å². The van der Waals surface area contributed by atoms with Crippen molar-refractivity contribution in [2.45, 2.75) is 5.92 Å². The van der Waals surface area contributed by atoms with Crippen LogP contribution in [0, 0.1) is 11.3 Å². The molecule has 0 bridgehead atoms. The molecule has 4 aromatic rings. The number of H-pyrrole nitrogens is 2. The summed E-state index contributed by atoms with van der Waals surface area (Å²) >= 11 is 0. The second-order valence-electron chi connectivity index (χ2n) is 6.69. The molecule has 0 saturated carbocycles. The number of carbonyl (C=O) groups excluding carboxylic acids is 1. The first-order valence-electron chi connectivity index (χ1n) is 9.20. The number of aromatic amines is 2. The third kappa shape index (κ3) is 3.69. The number of carbonyl (C=O) groups is 1. The van der Waals surface area contributed by atoms with E-state index < -0.39 is 0 Å². The number of nitrogens with zero attached hydrogens (tertiary/aromatic N) is 1. The maximum Gasteiger partial charge on any atom is 0.194 e. The Bertz CT molecular complexity index is 1150. The van der Waals surface area contributed by atoms with Gasteiger partial charge in [0.25, 0.3) is 0 Å². The number of nitrogens with one attached hydrogen (secondary N) is 2. The molecule has 0 fully saturated rings. The monoisotopic (exact) mass is 381 g/mol. The van der Waals surface area contributed by atoms with Crippen molar-refractivity contribution >= 4 is 5.78 Å². The number of ether oxygens (including phenoxy) is 1. The number of benzene rings is 2. The summed E-state index contributed by atoms with van der Waals surface area (Å²) in [6, 6.07) is 22.5. The van der Waals surface area contributed by atoms with Crippen LogP contribution in [0.5, 0.6) is 5.75 Å². The summed E-state index contributed by atoms with van der Waals surface area (Å²) in [6.45, 7) is 0. The molecular formula is C24H19N3O2. The highest BCUT2D eigenvalue weighted by molar-refractivity contribution is 6.09. The quantitative estimate of drug-likeness (QED) is 0.478. The average molecular weight is 381 g/mol. The van der Waals surface area contributed by atoms with Gasteiger partial charge in [0.05, 0.1) is 24.7 Å². The molecule has 29 heavy (non-hydrogen) atoms. The summed E-state index contributed by atoms with van der Waals surface area (Å²) in [7, 11) is 1.60. The maximum atomic E-state index is 12.9. The van der Waals surface area contributed by atoms with E-state index in [0.717, 1.165) is 17.0 Å². The number of ketones is 1. The molecule has 4 rings (SSSR count). The summed E-state index contributed by atoms with van der Waals surface area (Å²) in [5, 5.41) is 9.07. The van der Waals surface area contributed by atoms with Crippen molar-refractivity contribution in [3.63, 3.8) is 0 Å². The molecule has 0 amide bonds. The first kappa shape index (κ1) is 18.3. The van der Waals surface area contributed by atoms with Crippen LogP contribution >= 0.6 is 0 Å². The molecule has 0 aliphatic carbocycles. The van der Waals surface area contributed by atoms with E-state index in [0.29, 0.717) is 22.4 Å². The van der Waals surface area contributed by atoms with Crippen LogP contribution in [0.2, 0.25) is 0 Å². The molecule has 1 unspecified atom stereocenters. The fourth-order valence-corrected chi connectivity index (χ4v) is 3.42. The highest BCUT2D eigenvalue weighted by Crippen LogP contribution is 2.31. The van der Waals surface area contributed by atoms with E-state index in [9.17, 15) is 4.79 Å². The minimum atomic E-state index is -0.102. The lowest BCUT2D eigenvalue weighted by Crippen LogP contribution is -2.04. The van der Waals surface area contributed by atoms with Crippen LogP contribution in [-0.4, -0.2) is 22.9 Å².